The molecular formula is C49H59F2N5O8S2. The van der Waals surface area contributed by atoms with Crippen LogP contribution in [0.5, 0.6) is 6.01 Å². The summed E-state index contributed by atoms with van der Waals surface area (Å²) in [5.74, 6) is -4.96. The molecule has 2 amide bonds. The predicted molar refractivity (Wildman–Crippen MR) is 246 cm³/mol. The van der Waals surface area contributed by atoms with Crippen LogP contribution in [-0.4, -0.2) is 80.5 Å². The van der Waals surface area contributed by atoms with Gasteiger partial charge in [0, 0.05) is 42.2 Å². The van der Waals surface area contributed by atoms with Crippen molar-refractivity contribution in [3.8, 4) is 16.6 Å². The third kappa shape index (κ3) is 9.97. The molecule has 0 unspecified atom stereocenters. The van der Waals surface area contributed by atoms with Crippen LogP contribution < -0.4 is 9.46 Å². The van der Waals surface area contributed by atoms with E-state index >= 15 is 0 Å². The standard InChI is InChI=1S/C49H59F2N5O8S2/c1-29(2)56-38-16-12-15-35(43-52-33(28-65-43)21-30-17-18-36(50)37(51)22-30)42(38)53-46(56)63-34-24-39-40(57)26-49(45(60)54-66(61,62)48(6)19-20-48)25-32(49)14-11-9-7-8-10-13-31(44(59)55(39)27-34)23-41(58)64-47(3,4)5/h11-12,14-18,22,28-29,31-32,34,39H,7-10,13,19-21,23-27H2,1-6H3,(H,54,60)/b14-11-/t31-,32+,34-,39+,49-/m1/s1. The van der Waals surface area contributed by atoms with Crippen molar-refractivity contribution in [3.63, 3.8) is 0 Å². The summed E-state index contributed by atoms with van der Waals surface area (Å²) in [6.45, 7) is 10.9. The molecule has 2 aliphatic heterocycles. The number of esters is 1. The summed E-state index contributed by atoms with van der Waals surface area (Å²) in [5.41, 5.74) is 1.30. The van der Waals surface area contributed by atoms with Gasteiger partial charge >= 0.3 is 5.97 Å². The average molecular weight is 948 g/mol. The molecule has 5 atom stereocenters. The van der Waals surface area contributed by atoms with Gasteiger partial charge < -0.3 is 14.4 Å². The quantitative estimate of drug-likeness (QED) is 0.113. The summed E-state index contributed by atoms with van der Waals surface area (Å²) < 4.78 is 69.9. The van der Waals surface area contributed by atoms with Crippen molar-refractivity contribution >= 4 is 56.0 Å². The minimum absolute atomic E-state index is 0.00327. The number of rotatable bonds is 11. The molecule has 2 aromatic heterocycles. The molecule has 2 saturated carbocycles. The monoisotopic (exact) mass is 947 g/mol. The van der Waals surface area contributed by atoms with Crippen LogP contribution in [0.25, 0.3) is 21.6 Å². The summed E-state index contributed by atoms with van der Waals surface area (Å²) in [6.07, 6.45) is 7.67. The Balaban J connectivity index is 1.10. The number of benzene rings is 2. The van der Waals surface area contributed by atoms with Crippen LogP contribution in [0.2, 0.25) is 0 Å². The van der Waals surface area contributed by atoms with Crippen LogP contribution in [0.1, 0.15) is 129 Å². The van der Waals surface area contributed by atoms with E-state index in [-0.39, 0.29) is 55.5 Å². The fraction of sp³-hybridized carbons (Fsp3) is 0.551. The Morgan fingerprint density at radius 2 is 1.82 bits per heavy atom. The number of thiazole rings is 1. The SMILES string of the molecule is CC(C)n1c(O[C@@H]2C[C@H]3C(=O)C[C@]4(C(=O)NS(=O)(=O)C5(C)CC5)C[C@@H]4/C=C\CCCCC[C@H](CC(=O)OC(C)(C)C)C(=O)N3C2)nc2c(-c3nc(Cc4ccc(F)c(F)c4)cs3)cccc21. The zero-order valence-corrected chi connectivity index (χ0v) is 40.0. The van der Waals surface area contributed by atoms with Gasteiger partial charge in [0.2, 0.25) is 21.8 Å². The number of nitrogens with one attached hydrogen (secondary N) is 1. The molecule has 3 fully saturated rings. The normalized spacial score (nSPS) is 25.1. The molecule has 4 aliphatic rings. The number of carbonyl (C=O) groups excluding carboxylic acids is 4. The number of hydrogen-bond acceptors (Lipinski definition) is 11. The number of allylic oxidation sites excluding steroid dienone is 2. The summed E-state index contributed by atoms with van der Waals surface area (Å²) in [5, 5.41) is 2.54. The molecule has 2 aromatic carbocycles. The minimum atomic E-state index is -3.99. The Hall–Kier alpha value is -5.03. The van der Waals surface area contributed by atoms with Crippen molar-refractivity contribution in [1.82, 2.24) is 24.2 Å². The van der Waals surface area contributed by atoms with E-state index in [1.807, 2.05) is 54.1 Å². The second-order valence-electron chi connectivity index (χ2n) is 20.1. The van der Waals surface area contributed by atoms with E-state index in [1.54, 1.807) is 27.7 Å². The van der Waals surface area contributed by atoms with Crippen molar-refractivity contribution in [1.29, 1.82) is 0 Å². The molecule has 1 saturated heterocycles. The number of halogens is 2. The second-order valence-corrected chi connectivity index (χ2v) is 23.2. The van der Waals surface area contributed by atoms with Crippen LogP contribution in [0.4, 0.5) is 8.78 Å². The van der Waals surface area contributed by atoms with Gasteiger partial charge in [-0.15, -0.1) is 11.3 Å². The number of Topliss-reactive ketones (excluding diaryl/α,β-unsaturated/α-hetero) is 1. The molecule has 17 heteroatoms. The lowest BCUT2D eigenvalue weighted by atomic mass is 9.90. The van der Waals surface area contributed by atoms with Crippen LogP contribution in [0, 0.1) is 28.9 Å². The lowest BCUT2D eigenvalue weighted by Gasteiger charge is -2.29. The Bertz CT molecular complexity index is 2690. The Kier molecular flexibility index (Phi) is 13.1. The topological polar surface area (TPSA) is 167 Å². The number of imidazole rings is 1. The van der Waals surface area contributed by atoms with Gasteiger partial charge in [-0.3, -0.25) is 28.5 Å². The van der Waals surface area contributed by atoms with Crippen molar-refractivity contribution in [2.75, 3.05) is 6.54 Å². The summed E-state index contributed by atoms with van der Waals surface area (Å²) in [4.78, 5) is 68.4. The zero-order chi connectivity index (χ0) is 47.3. The van der Waals surface area contributed by atoms with Crippen molar-refractivity contribution in [2.45, 2.75) is 147 Å². The number of aromatic nitrogens is 3. The molecule has 4 heterocycles. The van der Waals surface area contributed by atoms with Crippen molar-refractivity contribution in [2.24, 2.45) is 17.3 Å². The number of sulfonamides is 1. The maximum atomic E-state index is 14.9. The number of fused-ring (bicyclic) bond motifs is 3. The maximum Gasteiger partial charge on any atom is 0.307 e. The molecule has 0 spiro atoms. The molecule has 2 aliphatic carbocycles. The molecule has 4 aromatic rings. The first-order chi connectivity index (χ1) is 31.2. The third-order valence-electron chi connectivity index (χ3n) is 13.4. The highest BCUT2D eigenvalue weighted by atomic mass is 32.2. The molecule has 66 heavy (non-hydrogen) atoms. The maximum absolute atomic E-state index is 14.9. The van der Waals surface area contributed by atoms with Crippen molar-refractivity contribution in [3.05, 3.63) is 76.8 Å². The Morgan fingerprint density at radius 1 is 1.05 bits per heavy atom. The average Bonchev–Trinajstić information content (AvgIpc) is 3.93. The van der Waals surface area contributed by atoms with Crippen LogP contribution in [0.15, 0.2) is 53.9 Å². The van der Waals surface area contributed by atoms with Gasteiger partial charge in [-0.1, -0.05) is 37.1 Å². The Morgan fingerprint density at radius 3 is 2.53 bits per heavy atom. The number of para-hydroxylation sites is 1. The lowest BCUT2D eigenvalue weighted by Crippen LogP contribution is -2.47. The lowest BCUT2D eigenvalue weighted by molar-refractivity contribution is -0.159. The summed E-state index contributed by atoms with van der Waals surface area (Å²) in [7, 11) is -3.99. The first-order valence-corrected chi connectivity index (χ1v) is 25.4. The molecule has 13 nitrogen and oxygen atoms in total. The third-order valence-corrected chi connectivity index (χ3v) is 16.5. The largest absolute Gasteiger partial charge is 0.460 e. The fourth-order valence-corrected chi connectivity index (χ4v) is 11.6. The van der Waals surface area contributed by atoms with E-state index < -0.39 is 67.4 Å². The van der Waals surface area contributed by atoms with E-state index in [0.717, 1.165) is 36.1 Å². The molecule has 8 rings (SSSR count). The second kappa shape index (κ2) is 18.2. The molecule has 0 radical (unpaired) electrons. The van der Waals surface area contributed by atoms with Gasteiger partial charge in [0.25, 0.3) is 6.01 Å². The molecule has 0 bridgehead atoms. The van der Waals surface area contributed by atoms with Gasteiger partial charge in [-0.2, -0.15) is 4.98 Å². The van der Waals surface area contributed by atoms with Gasteiger partial charge in [0.15, 0.2) is 17.4 Å². The minimum Gasteiger partial charge on any atom is -0.460 e. The van der Waals surface area contributed by atoms with E-state index in [9.17, 15) is 36.4 Å². The predicted octanol–water partition coefficient (Wildman–Crippen LogP) is 8.79. The van der Waals surface area contributed by atoms with Gasteiger partial charge in [-0.25, -0.2) is 22.2 Å². The van der Waals surface area contributed by atoms with Gasteiger partial charge in [-0.05, 0) is 116 Å². The molecular weight excluding hydrogens is 889 g/mol. The van der Waals surface area contributed by atoms with E-state index in [0.29, 0.717) is 66.7 Å². The number of hydrogen-bond donors (Lipinski definition) is 1. The summed E-state index contributed by atoms with van der Waals surface area (Å²) >= 11 is 1.40. The van der Waals surface area contributed by atoms with Gasteiger partial charge in [0.05, 0.1) is 40.4 Å². The first kappa shape index (κ1) is 47.5. The number of ether oxygens (including phenoxy) is 2. The highest BCUT2D eigenvalue weighted by Gasteiger charge is 2.62. The van der Waals surface area contributed by atoms with Crippen LogP contribution >= 0.6 is 11.3 Å². The van der Waals surface area contributed by atoms with Gasteiger partial charge in [0.1, 0.15) is 22.2 Å². The number of amides is 2. The zero-order valence-electron chi connectivity index (χ0n) is 38.4. The number of ketones is 1. The Labute approximate surface area is 388 Å². The van der Waals surface area contributed by atoms with Crippen LogP contribution in [-0.2, 0) is 40.4 Å². The molecule has 1 N–H and O–H groups in total. The van der Waals surface area contributed by atoms with Crippen molar-refractivity contribution < 1.29 is 45.9 Å². The van der Waals surface area contributed by atoms with Crippen LogP contribution in [0.3, 0.4) is 0 Å². The first-order valence-electron chi connectivity index (χ1n) is 23.0. The van der Waals surface area contributed by atoms with E-state index in [2.05, 4.69) is 4.72 Å². The smallest absolute Gasteiger partial charge is 0.307 e. The van der Waals surface area contributed by atoms with E-state index in [4.69, 9.17) is 19.4 Å². The highest BCUT2D eigenvalue weighted by Crippen LogP contribution is 2.58. The highest BCUT2D eigenvalue weighted by molar-refractivity contribution is 7.91. The van der Waals surface area contributed by atoms with E-state index in [1.165, 1.54) is 22.3 Å². The number of carbonyl (C=O) groups is 4. The number of nitrogens with zero attached hydrogens (tertiary/aromatic N) is 4. The fourth-order valence-electron chi connectivity index (χ4n) is 9.37. The molecule has 354 valence electrons. The summed E-state index contributed by atoms with van der Waals surface area (Å²) in [6, 6.07) is 8.62.